The highest BCUT2D eigenvalue weighted by molar-refractivity contribution is 5.72. The van der Waals surface area contributed by atoms with Crippen molar-refractivity contribution in [2.75, 3.05) is 0 Å². The van der Waals surface area contributed by atoms with Gasteiger partial charge in [0.2, 0.25) is 0 Å². The Morgan fingerprint density at radius 1 is 1.12 bits per heavy atom. The molecule has 0 aliphatic heterocycles. The van der Waals surface area contributed by atoms with E-state index in [9.17, 15) is 0 Å². The van der Waals surface area contributed by atoms with Gasteiger partial charge in [-0.15, -0.1) is 0 Å². The van der Waals surface area contributed by atoms with Crippen molar-refractivity contribution in [3.05, 3.63) is 42.4 Å². The zero-order valence-electron chi connectivity index (χ0n) is 8.81. The van der Waals surface area contributed by atoms with E-state index in [4.69, 9.17) is 0 Å². The molecular weight excluding hydrogens is 200 g/mol. The van der Waals surface area contributed by atoms with Gasteiger partial charge in [-0.1, -0.05) is 24.3 Å². The van der Waals surface area contributed by atoms with Crippen molar-refractivity contribution in [1.82, 2.24) is 19.9 Å². The van der Waals surface area contributed by atoms with E-state index in [0.29, 0.717) is 5.65 Å². The summed E-state index contributed by atoms with van der Waals surface area (Å²) in [6.07, 6.45) is 3.39. The molecule has 1 N–H and O–H groups in total. The maximum absolute atomic E-state index is 4.41. The first-order chi connectivity index (χ1) is 7.84. The summed E-state index contributed by atoms with van der Waals surface area (Å²) in [6.45, 7) is 2.05. The van der Waals surface area contributed by atoms with Crippen LogP contribution in [0.15, 0.2) is 36.8 Å². The van der Waals surface area contributed by atoms with Crippen molar-refractivity contribution in [1.29, 1.82) is 0 Å². The molecule has 0 fully saturated rings. The number of hydrogen-bond acceptors (Lipinski definition) is 3. The summed E-state index contributed by atoms with van der Waals surface area (Å²) >= 11 is 0. The molecule has 0 spiro atoms. The lowest BCUT2D eigenvalue weighted by Crippen LogP contribution is -1.91. The van der Waals surface area contributed by atoms with Gasteiger partial charge in [-0.05, 0) is 12.5 Å². The average molecular weight is 210 g/mol. The van der Waals surface area contributed by atoms with Gasteiger partial charge in [0, 0.05) is 5.56 Å². The molecule has 0 aliphatic carbocycles. The van der Waals surface area contributed by atoms with Crippen LogP contribution >= 0.6 is 0 Å². The molecular formula is C12H10N4. The zero-order valence-corrected chi connectivity index (χ0v) is 8.81. The van der Waals surface area contributed by atoms with Gasteiger partial charge in [-0.25, -0.2) is 15.0 Å². The van der Waals surface area contributed by atoms with Crippen LogP contribution in [0.5, 0.6) is 0 Å². The predicted octanol–water partition coefficient (Wildman–Crippen LogP) is 2.33. The van der Waals surface area contributed by atoms with E-state index in [2.05, 4.69) is 19.9 Å². The number of nitrogens with one attached hydrogen (secondary N) is 1. The minimum Gasteiger partial charge on any atom is -0.342 e. The van der Waals surface area contributed by atoms with Crippen molar-refractivity contribution in [2.45, 2.75) is 6.92 Å². The highest BCUT2D eigenvalue weighted by atomic mass is 15.0. The monoisotopic (exact) mass is 210 g/mol. The summed E-state index contributed by atoms with van der Waals surface area (Å²) < 4.78 is 0. The Kier molecular flexibility index (Phi) is 1.93. The predicted molar refractivity (Wildman–Crippen MR) is 61.9 cm³/mol. The molecule has 3 aromatic rings. The van der Waals surface area contributed by atoms with Gasteiger partial charge in [0.25, 0.3) is 0 Å². The van der Waals surface area contributed by atoms with Crippen molar-refractivity contribution < 1.29 is 0 Å². The summed E-state index contributed by atoms with van der Waals surface area (Å²) in [6, 6.07) is 8.06. The zero-order chi connectivity index (χ0) is 11.0. The van der Waals surface area contributed by atoms with Gasteiger partial charge in [0.05, 0.1) is 12.5 Å². The summed E-state index contributed by atoms with van der Waals surface area (Å²) in [7, 11) is 0. The molecule has 0 aliphatic rings. The molecule has 2 aromatic heterocycles. The first-order valence-electron chi connectivity index (χ1n) is 5.07. The standard InChI is InChI=1S/C12H10N4/c1-8-4-2-3-5-9(8)11-13-6-10-12(16-11)15-7-14-10/h2-7H,1H3,(H,13,14,15,16). The Hall–Kier alpha value is -2.23. The molecule has 0 unspecified atom stereocenters. The number of aryl methyl sites for hydroxylation is 1. The third-order valence-corrected chi connectivity index (χ3v) is 2.56. The van der Waals surface area contributed by atoms with Gasteiger partial charge in [-0.3, -0.25) is 0 Å². The number of nitrogens with zero attached hydrogens (tertiary/aromatic N) is 3. The van der Waals surface area contributed by atoms with Gasteiger partial charge >= 0.3 is 0 Å². The second-order valence-electron chi connectivity index (χ2n) is 3.65. The van der Waals surface area contributed by atoms with Gasteiger partial charge in [0.15, 0.2) is 11.5 Å². The number of aromatic amines is 1. The number of rotatable bonds is 1. The van der Waals surface area contributed by atoms with Gasteiger partial charge < -0.3 is 4.98 Å². The van der Waals surface area contributed by atoms with E-state index < -0.39 is 0 Å². The molecule has 3 rings (SSSR count). The number of hydrogen-bond donors (Lipinski definition) is 1. The quantitative estimate of drug-likeness (QED) is 0.670. The summed E-state index contributed by atoms with van der Waals surface area (Å²) in [4.78, 5) is 15.8. The van der Waals surface area contributed by atoms with E-state index >= 15 is 0 Å². The Labute approximate surface area is 92.4 Å². The first-order valence-corrected chi connectivity index (χ1v) is 5.07. The number of benzene rings is 1. The van der Waals surface area contributed by atoms with Crippen LogP contribution in [0.3, 0.4) is 0 Å². The number of imidazole rings is 1. The molecule has 0 amide bonds. The number of aromatic nitrogens is 4. The molecule has 0 bridgehead atoms. The molecule has 1 aromatic carbocycles. The largest absolute Gasteiger partial charge is 0.342 e. The SMILES string of the molecule is Cc1ccccc1-c1ncc2[nH]cnc2n1. The molecule has 4 nitrogen and oxygen atoms in total. The van der Waals surface area contributed by atoms with Crippen LogP contribution in [0.4, 0.5) is 0 Å². The van der Waals surface area contributed by atoms with Crippen LogP contribution in [-0.2, 0) is 0 Å². The fourth-order valence-electron chi connectivity index (χ4n) is 1.69. The van der Waals surface area contributed by atoms with Crippen LogP contribution in [0.25, 0.3) is 22.6 Å². The van der Waals surface area contributed by atoms with Crippen LogP contribution in [0, 0.1) is 6.92 Å². The highest BCUT2D eigenvalue weighted by Gasteiger charge is 2.06. The second kappa shape index (κ2) is 3.41. The molecule has 0 radical (unpaired) electrons. The van der Waals surface area contributed by atoms with Crippen LogP contribution in [-0.4, -0.2) is 19.9 Å². The van der Waals surface area contributed by atoms with E-state index in [0.717, 1.165) is 22.5 Å². The molecule has 2 heterocycles. The fourth-order valence-corrected chi connectivity index (χ4v) is 1.69. The molecule has 0 saturated heterocycles. The average Bonchev–Trinajstić information content (AvgIpc) is 2.76. The minimum atomic E-state index is 0.702. The molecule has 16 heavy (non-hydrogen) atoms. The Balaban J connectivity index is 2.22. The van der Waals surface area contributed by atoms with Crippen molar-refractivity contribution in [3.8, 4) is 11.4 Å². The third kappa shape index (κ3) is 1.35. The minimum absolute atomic E-state index is 0.702. The van der Waals surface area contributed by atoms with Crippen LogP contribution in [0.1, 0.15) is 5.56 Å². The van der Waals surface area contributed by atoms with E-state index in [1.54, 1.807) is 12.5 Å². The number of fused-ring (bicyclic) bond motifs is 1. The maximum Gasteiger partial charge on any atom is 0.181 e. The Bertz CT molecular complexity index is 642. The Morgan fingerprint density at radius 2 is 2.00 bits per heavy atom. The van der Waals surface area contributed by atoms with Gasteiger partial charge in [0.1, 0.15) is 5.52 Å². The first kappa shape index (κ1) is 9.03. The summed E-state index contributed by atoms with van der Waals surface area (Å²) in [5.41, 5.74) is 3.77. The fraction of sp³-hybridized carbons (Fsp3) is 0.0833. The third-order valence-electron chi connectivity index (χ3n) is 2.56. The molecule has 78 valence electrons. The van der Waals surface area contributed by atoms with E-state index in [-0.39, 0.29) is 0 Å². The molecule has 4 heteroatoms. The second-order valence-corrected chi connectivity index (χ2v) is 3.65. The molecule has 0 atom stereocenters. The van der Waals surface area contributed by atoms with E-state index in [1.807, 2.05) is 31.2 Å². The maximum atomic E-state index is 4.41. The van der Waals surface area contributed by atoms with Crippen LogP contribution < -0.4 is 0 Å². The smallest absolute Gasteiger partial charge is 0.181 e. The summed E-state index contributed by atoms with van der Waals surface area (Å²) in [5.74, 6) is 0.720. The van der Waals surface area contributed by atoms with Crippen LogP contribution in [0.2, 0.25) is 0 Å². The summed E-state index contributed by atoms with van der Waals surface area (Å²) in [5, 5.41) is 0. The highest BCUT2D eigenvalue weighted by Crippen LogP contribution is 2.19. The van der Waals surface area contributed by atoms with Crippen molar-refractivity contribution in [3.63, 3.8) is 0 Å². The van der Waals surface area contributed by atoms with E-state index in [1.165, 1.54) is 0 Å². The van der Waals surface area contributed by atoms with Crippen molar-refractivity contribution >= 4 is 11.2 Å². The topological polar surface area (TPSA) is 54.5 Å². The lowest BCUT2D eigenvalue weighted by Gasteiger charge is -2.02. The number of H-pyrrole nitrogens is 1. The molecule has 0 saturated carbocycles. The lowest BCUT2D eigenvalue weighted by molar-refractivity contribution is 1.20. The Morgan fingerprint density at radius 3 is 2.88 bits per heavy atom. The van der Waals surface area contributed by atoms with Gasteiger partial charge in [-0.2, -0.15) is 0 Å². The lowest BCUT2D eigenvalue weighted by atomic mass is 10.1. The normalized spacial score (nSPS) is 10.8. The van der Waals surface area contributed by atoms with Crippen molar-refractivity contribution in [2.24, 2.45) is 0 Å².